The number of nitro groups is 1. The fraction of sp³-hybridized carbons (Fsp3) is 0.364. The maximum Gasteiger partial charge on any atom is 0.331 e. The number of rotatable bonds is 5. The van der Waals surface area contributed by atoms with E-state index >= 15 is 0 Å². The molecule has 96 valence electrons. The van der Waals surface area contributed by atoms with E-state index in [9.17, 15) is 10.1 Å². The maximum absolute atomic E-state index is 10.9. The Hall–Kier alpha value is -2.15. The minimum atomic E-state index is -0.502. The van der Waals surface area contributed by atoms with E-state index in [1.807, 2.05) is 10.8 Å². The Labute approximate surface area is 103 Å². The lowest BCUT2D eigenvalue weighted by Gasteiger charge is -2.05. The first kappa shape index (κ1) is 12.3. The van der Waals surface area contributed by atoms with Crippen LogP contribution in [-0.2, 0) is 11.3 Å². The van der Waals surface area contributed by atoms with Gasteiger partial charge in [-0.2, -0.15) is 4.98 Å². The standard InChI is InChI=1S/C11H13N3O4/c1-17-6-5-13-4-3-8-7-9(14(15)16)11(18-2)12-10(8)13/h3-4,7H,5-6H2,1-2H3. The maximum atomic E-state index is 10.9. The third-order valence-electron chi connectivity index (χ3n) is 2.61. The molecule has 7 heteroatoms. The fourth-order valence-electron chi connectivity index (χ4n) is 1.74. The van der Waals surface area contributed by atoms with E-state index in [1.165, 1.54) is 13.2 Å². The van der Waals surface area contributed by atoms with Gasteiger partial charge in [0.2, 0.25) is 0 Å². The molecular formula is C11H13N3O4. The van der Waals surface area contributed by atoms with Gasteiger partial charge in [0.15, 0.2) is 0 Å². The molecule has 0 N–H and O–H groups in total. The van der Waals surface area contributed by atoms with Crippen molar-refractivity contribution in [1.29, 1.82) is 0 Å². The average molecular weight is 251 g/mol. The number of hydrogen-bond donors (Lipinski definition) is 0. The van der Waals surface area contributed by atoms with Crippen molar-refractivity contribution in [1.82, 2.24) is 9.55 Å². The molecule has 7 nitrogen and oxygen atoms in total. The van der Waals surface area contributed by atoms with Crippen molar-refractivity contribution in [3.63, 3.8) is 0 Å². The Bertz CT molecular complexity index is 579. The number of ether oxygens (including phenoxy) is 2. The number of pyridine rings is 1. The van der Waals surface area contributed by atoms with Gasteiger partial charge in [0.05, 0.1) is 18.6 Å². The van der Waals surface area contributed by atoms with Gasteiger partial charge in [-0.3, -0.25) is 10.1 Å². The van der Waals surface area contributed by atoms with Gasteiger partial charge in [0, 0.05) is 31.3 Å². The average Bonchev–Trinajstić information content (AvgIpc) is 2.76. The Balaban J connectivity index is 2.51. The minimum absolute atomic E-state index is 0.0184. The molecule has 0 fully saturated rings. The van der Waals surface area contributed by atoms with Gasteiger partial charge in [-0.05, 0) is 6.07 Å². The van der Waals surface area contributed by atoms with Crippen LogP contribution in [0.3, 0.4) is 0 Å². The molecule has 0 bridgehead atoms. The molecule has 0 amide bonds. The molecular weight excluding hydrogens is 238 g/mol. The molecule has 2 rings (SSSR count). The van der Waals surface area contributed by atoms with Gasteiger partial charge in [-0.1, -0.05) is 0 Å². The van der Waals surface area contributed by atoms with Gasteiger partial charge in [0.25, 0.3) is 5.88 Å². The van der Waals surface area contributed by atoms with Crippen molar-refractivity contribution in [2.45, 2.75) is 6.54 Å². The van der Waals surface area contributed by atoms with E-state index in [4.69, 9.17) is 9.47 Å². The topological polar surface area (TPSA) is 79.4 Å². The summed E-state index contributed by atoms with van der Waals surface area (Å²) in [7, 11) is 2.98. The number of fused-ring (bicyclic) bond motifs is 1. The van der Waals surface area contributed by atoms with E-state index in [1.54, 1.807) is 13.2 Å². The quantitative estimate of drug-likeness (QED) is 0.595. The van der Waals surface area contributed by atoms with Crippen LogP contribution in [-0.4, -0.2) is 35.3 Å². The molecule has 18 heavy (non-hydrogen) atoms. The summed E-state index contributed by atoms with van der Waals surface area (Å²) in [6, 6.07) is 3.24. The Morgan fingerprint density at radius 3 is 2.89 bits per heavy atom. The van der Waals surface area contributed by atoms with E-state index in [-0.39, 0.29) is 11.6 Å². The second kappa shape index (κ2) is 5.01. The van der Waals surface area contributed by atoms with Crippen LogP contribution in [0.4, 0.5) is 5.69 Å². The number of nitrogens with zero attached hydrogens (tertiary/aromatic N) is 3. The molecule has 0 unspecified atom stereocenters. The molecule has 2 aromatic rings. The van der Waals surface area contributed by atoms with E-state index in [2.05, 4.69) is 4.98 Å². The van der Waals surface area contributed by atoms with Crippen molar-refractivity contribution in [3.05, 3.63) is 28.4 Å². The lowest BCUT2D eigenvalue weighted by atomic mass is 10.3. The largest absolute Gasteiger partial charge is 0.476 e. The Morgan fingerprint density at radius 2 is 2.28 bits per heavy atom. The van der Waals surface area contributed by atoms with Gasteiger partial charge >= 0.3 is 5.69 Å². The summed E-state index contributed by atoms with van der Waals surface area (Å²) in [6.45, 7) is 1.18. The van der Waals surface area contributed by atoms with E-state index in [0.717, 1.165) is 0 Å². The predicted octanol–water partition coefficient (Wildman–Crippen LogP) is 1.60. The summed E-state index contributed by atoms with van der Waals surface area (Å²) in [4.78, 5) is 14.5. The first-order valence-electron chi connectivity index (χ1n) is 5.34. The number of methoxy groups -OCH3 is 2. The zero-order valence-electron chi connectivity index (χ0n) is 10.1. The number of aromatic nitrogens is 2. The van der Waals surface area contributed by atoms with Gasteiger partial charge in [-0.15, -0.1) is 0 Å². The zero-order valence-corrected chi connectivity index (χ0v) is 10.1. The van der Waals surface area contributed by atoms with Crippen LogP contribution in [0.15, 0.2) is 18.3 Å². The molecule has 2 heterocycles. The van der Waals surface area contributed by atoms with Crippen molar-refractivity contribution in [2.24, 2.45) is 0 Å². The van der Waals surface area contributed by atoms with Gasteiger partial charge in [-0.25, -0.2) is 0 Å². The first-order valence-corrected chi connectivity index (χ1v) is 5.34. The molecule has 0 aliphatic heterocycles. The summed E-state index contributed by atoms with van der Waals surface area (Å²) < 4.78 is 11.8. The summed E-state index contributed by atoms with van der Waals surface area (Å²) >= 11 is 0. The lowest BCUT2D eigenvalue weighted by molar-refractivity contribution is -0.386. The summed E-state index contributed by atoms with van der Waals surface area (Å²) in [5.41, 5.74) is 0.518. The smallest absolute Gasteiger partial charge is 0.331 e. The van der Waals surface area contributed by atoms with Crippen LogP contribution < -0.4 is 4.74 Å². The highest BCUT2D eigenvalue weighted by Crippen LogP contribution is 2.29. The molecule has 2 aromatic heterocycles. The van der Waals surface area contributed by atoms with Crippen LogP contribution in [0.5, 0.6) is 5.88 Å². The van der Waals surface area contributed by atoms with E-state index in [0.29, 0.717) is 24.2 Å². The van der Waals surface area contributed by atoms with Crippen LogP contribution in [0.25, 0.3) is 11.0 Å². The first-order chi connectivity index (χ1) is 8.67. The normalized spacial score (nSPS) is 10.8. The Kier molecular flexibility index (Phi) is 3.42. The monoisotopic (exact) mass is 251 g/mol. The fourth-order valence-corrected chi connectivity index (χ4v) is 1.74. The molecule has 0 saturated carbocycles. The molecule has 0 aliphatic carbocycles. The molecule has 0 radical (unpaired) electrons. The van der Waals surface area contributed by atoms with Crippen molar-refractivity contribution >= 4 is 16.7 Å². The van der Waals surface area contributed by atoms with Crippen LogP contribution in [0.2, 0.25) is 0 Å². The summed E-state index contributed by atoms with van der Waals surface area (Å²) in [5.74, 6) is 0.0184. The second-order valence-corrected chi connectivity index (χ2v) is 3.69. The number of hydrogen-bond acceptors (Lipinski definition) is 5. The molecule has 0 atom stereocenters. The predicted molar refractivity (Wildman–Crippen MR) is 64.8 cm³/mol. The third kappa shape index (κ3) is 2.12. The van der Waals surface area contributed by atoms with Gasteiger partial charge < -0.3 is 14.0 Å². The third-order valence-corrected chi connectivity index (χ3v) is 2.61. The Morgan fingerprint density at radius 1 is 1.50 bits per heavy atom. The summed E-state index contributed by atoms with van der Waals surface area (Å²) in [6.07, 6.45) is 1.82. The SMILES string of the molecule is COCCn1ccc2cc([N+](=O)[O-])c(OC)nc21. The van der Waals surface area contributed by atoms with Crippen molar-refractivity contribution in [2.75, 3.05) is 20.8 Å². The van der Waals surface area contributed by atoms with E-state index < -0.39 is 4.92 Å². The van der Waals surface area contributed by atoms with Crippen LogP contribution in [0, 0.1) is 10.1 Å². The highest BCUT2D eigenvalue weighted by atomic mass is 16.6. The highest BCUT2D eigenvalue weighted by Gasteiger charge is 2.19. The molecule has 0 aliphatic rings. The zero-order chi connectivity index (χ0) is 13.1. The van der Waals surface area contributed by atoms with Crippen molar-refractivity contribution in [3.8, 4) is 5.88 Å². The van der Waals surface area contributed by atoms with Gasteiger partial charge in [0.1, 0.15) is 5.65 Å². The highest BCUT2D eigenvalue weighted by molar-refractivity contribution is 5.80. The van der Waals surface area contributed by atoms with Crippen LogP contribution >= 0.6 is 0 Å². The minimum Gasteiger partial charge on any atom is -0.476 e. The second-order valence-electron chi connectivity index (χ2n) is 3.69. The molecule has 0 aromatic carbocycles. The van der Waals surface area contributed by atoms with Crippen molar-refractivity contribution < 1.29 is 14.4 Å². The molecule has 0 spiro atoms. The lowest BCUT2D eigenvalue weighted by Crippen LogP contribution is -2.04. The van der Waals surface area contributed by atoms with Crippen LogP contribution in [0.1, 0.15) is 0 Å². The summed E-state index contributed by atoms with van der Waals surface area (Å²) in [5, 5.41) is 11.6. The molecule has 0 saturated heterocycles.